The number of likely N-dealkylation sites (tertiary alicyclic amines) is 7. The number of nitrogens with zero attached hydrogens (tertiary/aromatic N) is 15. The van der Waals surface area contributed by atoms with Crippen LogP contribution in [0.15, 0.2) is 16.9 Å². The molecule has 5 aliphatic carbocycles. The lowest BCUT2D eigenvalue weighted by Gasteiger charge is -2.46. The van der Waals surface area contributed by atoms with Gasteiger partial charge < -0.3 is 68.2 Å². The highest BCUT2D eigenvalue weighted by molar-refractivity contribution is 5.77. The zero-order chi connectivity index (χ0) is 81.1. The first kappa shape index (κ1) is 93.9. The lowest BCUT2D eigenvalue weighted by molar-refractivity contribution is -0.135. The summed E-state index contributed by atoms with van der Waals surface area (Å²) in [4.78, 5) is 102. The first-order valence-corrected chi connectivity index (χ1v) is 45.0. The third-order valence-electron chi connectivity index (χ3n) is 27.0. The monoisotopic (exact) mass is 1560 g/mol. The maximum atomic E-state index is 12.1. The molecule has 2 atom stereocenters. The molecule has 6 amide bonds. The summed E-state index contributed by atoms with van der Waals surface area (Å²) in [6, 6.07) is 7.52. The molecule has 0 spiro atoms. The van der Waals surface area contributed by atoms with Gasteiger partial charge in [-0.2, -0.15) is 0 Å². The first-order valence-electron chi connectivity index (χ1n) is 45.0. The molecule has 7 saturated heterocycles. The number of carbonyl (C=O) groups excluding carboxylic acids is 6. The molecule has 1 aromatic rings. The topological polar surface area (TPSA) is 174 Å². The van der Waals surface area contributed by atoms with Gasteiger partial charge in [0.2, 0.25) is 35.4 Å². The van der Waals surface area contributed by atoms with Crippen LogP contribution in [0.2, 0.25) is 0 Å². The standard InChI is InChI=1S/2C14H26N2O.C13H21N3O.C13H24N2O.C12H22N2O.C12H24N2O.C11H22N2O/c1-12(17)16(11-14(2)7-4-8-14)13-5-9-15(3)10-6-13;1-4-14(17)16(13-5-6-13)11(2)12-7-9-15(3)10-8-12;1-15-7-4-13(5-8-15)16(12-2-3-12)10-11-6-9-17-14-11;1-10(12-6-8-14(3)9-7-12)15(11(2)16)13-4-5-13;1-10(15)14(9-11-3-4-11)12-5-7-13(2)8-6-12;1-10(2)9-14(11(3)15)12-5-7-13(4)8-6-12;1-4-7-13(10(2)14)11-5-8-12(3)9-6-11/h13H,4-11H2,1-3H3;11-13H,4-10H2,1-3H3;6,9,12-13H,2-5,7-8,10H2,1H3;10,12-13H,4-9H2,1-3H3;11-12H,3-9H2,1-2H3;10,12H,5-9H2,1-4H3;11H,4-9H2,1-3H3. The lowest BCUT2D eigenvalue weighted by Crippen LogP contribution is -2.50. The minimum atomic E-state index is 0.234. The summed E-state index contributed by atoms with van der Waals surface area (Å²) >= 11 is 0. The Morgan fingerprint density at radius 2 is 0.775 bits per heavy atom. The van der Waals surface area contributed by atoms with Crippen LogP contribution in [0.5, 0.6) is 0 Å². The number of carbonyl (C=O) groups is 6. The molecule has 2 unspecified atom stereocenters. The molecule has 111 heavy (non-hydrogen) atoms. The van der Waals surface area contributed by atoms with E-state index in [9.17, 15) is 28.8 Å². The van der Waals surface area contributed by atoms with Gasteiger partial charge in [0.15, 0.2) is 0 Å². The Labute approximate surface area is 676 Å². The Hall–Kier alpha value is -4.29. The van der Waals surface area contributed by atoms with Crippen LogP contribution in [0.4, 0.5) is 0 Å². The number of hydrogen-bond acceptors (Lipinski definition) is 16. The molecule has 8 heterocycles. The molecule has 0 bridgehead atoms. The fourth-order valence-electron chi connectivity index (χ4n) is 18.8. The molecule has 22 heteroatoms. The second-order valence-corrected chi connectivity index (χ2v) is 37.6. The third kappa shape index (κ3) is 32.6. The van der Waals surface area contributed by atoms with E-state index in [0.29, 0.717) is 83.8 Å². The van der Waals surface area contributed by atoms with E-state index in [1.807, 2.05) is 17.9 Å². The van der Waals surface area contributed by atoms with Crippen molar-refractivity contribution in [3.8, 4) is 0 Å². The van der Waals surface area contributed by atoms with Crippen molar-refractivity contribution in [3.05, 3.63) is 18.0 Å². The van der Waals surface area contributed by atoms with Gasteiger partial charge >= 0.3 is 0 Å². The Kier molecular flexibility index (Phi) is 39.9. The number of piperidine rings is 7. The van der Waals surface area contributed by atoms with Crippen LogP contribution in [-0.4, -0.2) is 337 Å². The molecule has 638 valence electrons. The zero-order valence-corrected chi connectivity index (χ0v) is 74.3. The van der Waals surface area contributed by atoms with Crippen LogP contribution in [0, 0.1) is 29.1 Å². The molecular formula is C89H165N15O7. The SMILES string of the molecule is CC(=O)N(C1CC1)C(C)C1CCN(C)CC1.CC(=O)N(CC(C)C)C1CCN(C)CC1.CC(=O)N(CC1(C)CCC1)C1CCN(C)CC1.CC(=O)N(CC1CC1)C1CCN(C)CC1.CCC(=O)N(C1CC1)C(C)C1CCN(C)CC1.CCCN(C(C)=O)C1CCN(C)CC1.CN1CCC(N(Cc2ccon2)C2CC2)CC1. The van der Waals surface area contributed by atoms with E-state index in [2.05, 4.69) is 160 Å². The number of amides is 6. The van der Waals surface area contributed by atoms with E-state index in [1.165, 1.54) is 148 Å². The molecule has 0 N–H and O–H groups in total. The second-order valence-electron chi connectivity index (χ2n) is 37.6. The highest BCUT2D eigenvalue weighted by Gasteiger charge is 2.42. The number of rotatable bonds is 23. The van der Waals surface area contributed by atoms with Gasteiger partial charge in [0.1, 0.15) is 6.26 Å². The minimum absolute atomic E-state index is 0.234. The highest BCUT2D eigenvalue weighted by Crippen LogP contribution is 2.42. The summed E-state index contributed by atoms with van der Waals surface area (Å²) in [5.74, 6) is 4.45. The molecule has 0 radical (unpaired) electrons. The summed E-state index contributed by atoms with van der Waals surface area (Å²) in [5.41, 5.74) is 1.49. The van der Waals surface area contributed by atoms with E-state index in [-0.39, 0.29) is 29.5 Å². The maximum absolute atomic E-state index is 12.1. The fraction of sp³-hybridized carbons (Fsp3) is 0.899. The van der Waals surface area contributed by atoms with Crippen LogP contribution < -0.4 is 0 Å². The summed E-state index contributed by atoms with van der Waals surface area (Å²) < 4.78 is 4.94. The zero-order valence-electron chi connectivity index (χ0n) is 74.3. The van der Waals surface area contributed by atoms with Gasteiger partial charge in [0.25, 0.3) is 0 Å². The Balaban J connectivity index is 0.000000180. The number of aromatic nitrogens is 1. The summed E-state index contributed by atoms with van der Waals surface area (Å²) in [6.45, 7) is 44.9. The Morgan fingerprint density at radius 1 is 0.432 bits per heavy atom. The summed E-state index contributed by atoms with van der Waals surface area (Å²) in [5, 5.41) is 4.05. The van der Waals surface area contributed by atoms with Crippen molar-refractivity contribution in [1.82, 2.24) is 73.8 Å². The molecule has 5 saturated carbocycles. The van der Waals surface area contributed by atoms with Gasteiger partial charge in [-0.25, -0.2) is 0 Å². The van der Waals surface area contributed by atoms with Crippen LogP contribution in [0.25, 0.3) is 0 Å². The van der Waals surface area contributed by atoms with E-state index in [0.717, 1.165) is 167 Å². The van der Waals surface area contributed by atoms with E-state index >= 15 is 0 Å². The molecule has 22 nitrogen and oxygen atoms in total. The predicted octanol–water partition coefficient (Wildman–Crippen LogP) is 12.0. The first-order chi connectivity index (χ1) is 52.9. The van der Waals surface area contributed by atoms with Crippen molar-refractivity contribution in [1.29, 1.82) is 0 Å². The minimum Gasteiger partial charge on any atom is -0.364 e. The van der Waals surface area contributed by atoms with Crippen molar-refractivity contribution in [2.24, 2.45) is 29.1 Å². The number of hydrogen-bond donors (Lipinski definition) is 0. The third-order valence-corrected chi connectivity index (χ3v) is 27.0. The molecule has 0 aromatic carbocycles. The summed E-state index contributed by atoms with van der Waals surface area (Å²) in [6.07, 6.45) is 34.3. The predicted molar refractivity (Wildman–Crippen MR) is 452 cm³/mol. The van der Waals surface area contributed by atoms with Crippen LogP contribution in [-0.2, 0) is 35.3 Å². The van der Waals surface area contributed by atoms with Crippen molar-refractivity contribution in [2.75, 3.05) is 167 Å². The average molecular weight is 1560 g/mol. The van der Waals surface area contributed by atoms with Gasteiger partial charge in [-0.15, -0.1) is 0 Å². The molecule has 12 aliphatic rings. The average Bonchev–Trinajstić information content (AvgIpc) is 1.69. The maximum Gasteiger partial charge on any atom is 0.222 e. The van der Waals surface area contributed by atoms with Crippen LogP contribution >= 0.6 is 0 Å². The van der Waals surface area contributed by atoms with Gasteiger partial charge in [0, 0.05) is 140 Å². The van der Waals surface area contributed by atoms with Gasteiger partial charge in [-0.05, 0) is 344 Å². The fourth-order valence-corrected chi connectivity index (χ4v) is 18.8. The van der Waals surface area contributed by atoms with Crippen molar-refractivity contribution in [3.63, 3.8) is 0 Å². The Morgan fingerprint density at radius 3 is 1.09 bits per heavy atom. The van der Waals surface area contributed by atoms with Gasteiger partial charge in [-0.3, -0.25) is 33.7 Å². The Bertz CT molecular complexity index is 2770. The van der Waals surface area contributed by atoms with Crippen molar-refractivity contribution < 1.29 is 33.3 Å². The van der Waals surface area contributed by atoms with E-state index < -0.39 is 0 Å². The quantitative estimate of drug-likeness (QED) is 0.101. The van der Waals surface area contributed by atoms with Gasteiger partial charge in [0.05, 0.1) is 5.69 Å². The normalized spacial score (nSPS) is 23.3. The lowest BCUT2D eigenvalue weighted by atomic mass is 9.70. The summed E-state index contributed by atoms with van der Waals surface area (Å²) in [7, 11) is 15.2. The van der Waals surface area contributed by atoms with E-state index in [1.54, 1.807) is 40.9 Å². The molecular weight excluding hydrogens is 1390 g/mol. The van der Waals surface area contributed by atoms with Crippen molar-refractivity contribution >= 4 is 35.4 Å². The van der Waals surface area contributed by atoms with Crippen LogP contribution in [0.3, 0.4) is 0 Å². The van der Waals surface area contributed by atoms with E-state index in [4.69, 9.17) is 4.52 Å². The molecule has 12 fully saturated rings. The molecule has 13 rings (SSSR count). The highest BCUT2D eigenvalue weighted by atomic mass is 16.5. The smallest absolute Gasteiger partial charge is 0.222 e. The second kappa shape index (κ2) is 47.2. The molecule has 7 aliphatic heterocycles. The largest absolute Gasteiger partial charge is 0.364 e. The van der Waals surface area contributed by atoms with Gasteiger partial charge in [-0.1, -0.05) is 46.2 Å². The van der Waals surface area contributed by atoms with Crippen LogP contribution in [0.1, 0.15) is 262 Å². The molecule has 1 aromatic heterocycles. The van der Waals surface area contributed by atoms with Crippen molar-refractivity contribution in [2.45, 2.75) is 323 Å².